The molecule has 6 nitrogen and oxygen atoms in total. The Balaban J connectivity index is 0.00000288. The molecule has 0 aliphatic rings. The van der Waals surface area contributed by atoms with Crippen LogP contribution < -0.4 is 10.6 Å². The number of guanidine groups is 1. The maximum absolute atomic E-state index is 5.64. The first-order chi connectivity index (χ1) is 11.0. The molecule has 0 saturated carbocycles. The number of aliphatic imine (C=N–C) groups is 1. The van der Waals surface area contributed by atoms with Crippen molar-refractivity contribution in [3.63, 3.8) is 0 Å². The third kappa shape index (κ3) is 5.85. The van der Waals surface area contributed by atoms with Crippen molar-refractivity contribution in [1.82, 2.24) is 15.8 Å². The van der Waals surface area contributed by atoms with E-state index in [2.05, 4.69) is 34.6 Å². The molecule has 2 aromatic rings. The predicted octanol–water partition coefficient (Wildman–Crippen LogP) is 4.13. The van der Waals surface area contributed by atoms with E-state index in [1.165, 1.54) is 0 Å². The van der Waals surface area contributed by atoms with Gasteiger partial charge in [0.15, 0.2) is 11.7 Å². The highest BCUT2D eigenvalue weighted by Crippen LogP contribution is 2.16. The van der Waals surface area contributed by atoms with Gasteiger partial charge in [-0.1, -0.05) is 19.0 Å². The molecule has 1 unspecified atom stereocenters. The molecule has 7 heteroatoms. The quantitative estimate of drug-likeness (QED) is 0.397. The van der Waals surface area contributed by atoms with Gasteiger partial charge in [-0.05, 0) is 38.8 Å². The minimum Gasteiger partial charge on any atom is -0.464 e. The van der Waals surface area contributed by atoms with Crippen molar-refractivity contribution in [2.45, 2.75) is 53.1 Å². The van der Waals surface area contributed by atoms with Crippen LogP contribution in [0.15, 0.2) is 32.1 Å². The van der Waals surface area contributed by atoms with Gasteiger partial charge in [0.05, 0.1) is 11.7 Å². The standard InChI is InChI=1S/C17H26N4O2.HI/c1-6-18-17(20-13(5)16-8-7-12(4)22-16)19-10-14-9-15(11(2)3)21-23-14;/h7-9,11,13H,6,10H2,1-5H3,(H2,18,19,20);1H. The molecule has 2 N–H and O–H groups in total. The lowest BCUT2D eigenvalue weighted by Crippen LogP contribution is -2.38. The zero-order valence-electron chi connectivity index (χ0n) is 14.9. The molecule has 0 spiro atoms. The lowest BCUT2D eigenvalue weighted by atomic mass is 10.1. The second kappa shape index (κ2) is 9.71. The van der Waals surface area contributed by atoms with Gasteiger partial charge in [0.2, 0.25) is 0 Å². The number of hydrogen-bond donors (Lipinski definition) is 2. The van der Waals surface area contributed by atoms with Crippen molar-refractivity contribution in [1.29, 1.82) is 0 Å². The van der Waals surface area contributed by atoms with Gasteiger partial charge in [-0.2, -0.15) is 0 Å². The maximum atomic E-state index is 5.64. The van der Waals surface area contributed by atoms with Gasteiger partial charge in [0.1, 0.15) is 18.1 Å². The van der Waals surface area contributed by atoms with E-state index in [4.69, 9.17) is 8.94 Å². The number of nitrogens with one attached hydrogen (secondary N) is 2. The van der Waals surface area contributed by atoms with Crippen molar-refractivity contribution < 1.29 is 8.94 Å². The lowest BCUT2D eigenvalue weighted by Gasteiger charge is -2.15. The molecule has 0 aliphatic carbocycles. The summed E-state index contributed by atoms with van der Waals surface area (Å²) in [6.07, 6.45) is 0. The van der Waals surface area contributed by atoms with Crippen LogP contribution >= 0.6 is 24.0 Å². The van der Waals surface area contributed by atoms with E-state index in [9.17, 15) is 0 Å². The van der Waals surface area contributed by atoms with Crippen LogP contribution in [0.1, 0.15) is 62.6 Å². The Bertz CT molecular complexity index is 649. The van der Waals surface area contributed by atoms with Crippen LogP contribution in [0, 0.1) is 6.92 Å². The first-order valence-electron chi connectivity index (χ1n) is 8.06. The highest BCUT2D eigenvalue weighted by atomic mass is 127. The topological polar surface area (TPSA) is 75.6 Å². The summed E-state index contributed by atoms with van der Waals surface area (Å²) in [6, 6.07) is 5.92. The number of aryl methyl sites for hydroxylation is 1. The minimum absolute atomic E-state index is 0. The van der Waals surface area contributed by atoms with Crippen LogP contribution in [0.5, 0.6) is 0 Å². The molecule has 0 saturated heterocycles. The Kier molecular flexibility index (Phi) is 8.30. The second-order valence-corrected chi connectivity index (χ2v) is 5.88. The number of hydrogen-bond acceptors (Lipinski definition) is 4. The fourth-order valence-corrected chi connectivity index (χ4v) is 2.11. The van der Waals surface area contributed by atoms with E-state index in [0.717, 1.165) is 35.5 Å². The normalized spacial score (nSPS) is 12.8. The van der Waals surface area contributed by atoms with Crippen LogP contribution in [-0.4, -0.2) is 17.7 Å². The molecular formula is C17H27IN4O2. The van der Waals surface area contributed by atoms with Crippen LogP contribution in [-0.2, 0) is 6.54 Å². The van der Waals surface area contributed by atoms with Gasteiger partial charge in [0, 0.05) is 12.6 Å². The Morgan fingerprint density at radius 1 is 1.29 bits per heavy atom. The third-order valence-corrected chi connectivity index (χ3v) is 3.45. The van der Waals surface area contributed by atoms with Crippen molar-refractivity contribution in [2.24, 2.45) is 4.99 Å². The van der Waals surface area contributed by atoms with Crippen LogP contribution in [0.3, 0.4) is 0 Å². The van der Waals surface area contributed by atoms with Gasteiger partial charge in [-0.3, -0.25) is 0 Å². The van der Waals surface area contributed by atoms with E-state index < -0.39 is 0 Å². The fraction of sp³-hybridized carbons (Fsp3) is 0.529. The first-order valence-corrected chi connectivity index (χ1v) is 8.06. The molecule has 2 rings (SSSR count). The molecular weight excluding hydrogens is 419 g/mol. The number of aromatic nitrogens is 1. The summed E-state index contributed by atoms with van der Waals surface area (Å²) in [5.74, 6) is 3.61. The highest BCUT2D eigenvalue weighted by molar-refractivity contribution is 14.0. The van der Waals surface area contributed by atoms with E-state index in [1.54, 1.807) is 0 Å². The average molecular weight is 446 g/mol. The van der Waals surface area contributed by atoms with E-state index in [1.807, 2.05) is 39.0 Å². The summed E-state index contributed by atoms with van der Waals surface area (Å²) in [6.45, 7) is 11.4. The molecule has 1 atom stereocenters. The zero-order valence-corrected chi connectivity index (χ0v) is 17.3. The van der Waals surface area contributed by atoms with Crippen LogP contribution in [0.25, 0.3) is 0 Å². The maximum Gasteiger partial charge on any atom is 0.192 e. The van der Waals surface area contributed by atoms with E-state index >= 15 is 0 Å². The summed E-state index contributed by atoms with van der Waals surface area (Å²) in [7, 11) is 0. The van der Waals surface area contributed by atoms with Gasteiger partial charge in [0.25, 0.3) is 0 Å². The van der Waals surface area contributed by atoms with Crippen LogP contribution in [0.2, 0.25) is 0 Å². The summed E-state index contributed by atoms with van der Waals surface area (Å²) >= 11 is 0. The number of rotatable bonds is 6. The minimum atomic E-state index is 0. The summed E-state index contributed by atoms with van der Waals surface area (Å²) in [4.78, 5) is 4.55. The highest BCUT2D eigenvalue weighted by Gasteiger charge is 2.12. The monoisotopic (exact) mass is 446 g/mol. The largest absolute Gasteiger partial charge is 0.464 e. The Labute approximate surface area is 160 Å². The molecule has 2 aromatic heterocycles. The molecule has 0 bridgehead atoms. The fourth-order valence-electron chi connectivity index (χ4n) is 2.11. The van der Waals surface area contributed by atoms with E-state index in [0.29, 0.717) is 12.5 Å². The van der Waals surface area contributed by atoms with Crippen molar-refractivity contribution >= 4 is 29.9 Å². The molecule has 0 amide bonds. The van der Waals surface area contributed by atoms with Gasteiger partial charge in [-0.25, -0.2) is 4.99 Å². The van der Waals surface area contributed by atoms with E-state index in [-0.39, 0.29) is 30.0 Å². The first kappa shape index (κ1) is 20.5. The number of nitrogens with zero attached hydrogens (tertiary/aromatic N) is 2. The molecule has 0 aromatic carbocycles. The van der Waals surface area contributed by atoms with Crippen LogP contribution in [0.4, 0.5) is 0 Å². The Morgan fingerprint density at radius 2 is 2.04 bits per heavy atom. The zero-order chi connectivity index (χ0) is 16.8. The second-order valence-electron chi connectivity index (χ2n) is 5.88. The molecule has 134 valence electrons. The lowest BCUT2D eigenvalue weighted by molar-refractivity contribution is 0.376. The molecule has 0 aliphatic heterocycles. The molecule has 24 heavy (non-hydrogen) atoms. The SMILES string of the molecule is CCNC(=NCc1cc(C(C)C)no1)NC(C)c1ccc(C)o1.I. The Hall–Kier alpha value is -1.51. The molecule has 0 fully saturated rings. The summed E-state index contributed by atoms with van der Waals surface area (Å²) in [5, 5.41) is 10.6. The van der Waals surface area contributed by atoms with Gasteiger partial charge < -0.3 is 19.6 Å². The van der Waals surface area contributed by atoms with Crippen molar-refractivity contribution in [3.05, 3.63) is 41.2 Å². The molecule has 2 heterocycles. The van der Waals surface area contributed by atoms with Gasteiger partial charge >= 0.3 is 0 Å². The molecule has 0 radical (unpaired) electrons. The van der Waals surface area contributed by atoms with Crippen molar-refractivity contribution in [2.75, 3.05) is 6.54 Å². The third-order valence-electron chi connectivity index (χ3n) is 3.45. The average Bonchev–Trinajstić information content (AvgIpc) is 3.14. The van der Waals surface area contributed by atoms with Gasteiger partial charge in [-0.15, -0.1) is 24.0 Å². The summed E-state index contributed by atoms with van der Waals surface area (Å²) in [5.41, 5.74) is 0.951. The number of halogens is 1. The van der Waals surface area contributed by atoms with Crippen molar-refractivity contribution in [3.8, 4) is 0 Å². The summed E-state index contributed by atoms with van der Waals surface area (Å²) < 4.78 is 11.0. The Morgan fingerprint density at radius 3 is 2.58 bits per heavy atom. The smallest absolute Gasteiger partial charge is 0.192 e. The number of furan rings is 1. The predicted molar refractivity (Wildman–Crippen MR) is 106 cm³/mol.